The van der Waals surface area contributed by atoms with Gasteiger partial charge in [0.25, 0.3) is 5.91 Å². The van der Waals surface area contributed by atoms with E-state index in [4.69, 9.17) is 0 Å². The zero-order valence-electron chi connectivity index (χ0n) is 14.5. The van der Waals surface area contributed by atoms with Gasteiger partial charge in [-0.3, -0.25) is 4.79 Å². The summed E-state index contributed by atoms with van der Waals surface area (Å²) in [6, 6.07) is 8.39. The number of para-hydroxylation sites is 1. The number of aromatic nitrogens is 1. The molecule has 25 heavy (non-hydrogen) atoms. The summed E-state index contributed by atoms with van der Waals surface area (Å²) in [5.41, 5.74) is 5.73. The van der Waals surface area contributed by atoms with Crippen molar-refractivity contribution in [3.05, 3.63) is 51.5 Å². The lowest BCUT2D eigenvalue weighted by atomic mass is 9.94. The number of amides is 1. The second kappa shape index (κ2) is 5.36. The molecule has 0 saturated heterocycles. The Hall–Kier alpha value is -2.27. The topological polar surface area (TPSA) is 46.1 Å². The highest BCUT2D eigenvalue weighted by molar-refractivity contribution is 7.16. The van der Waals surface area contributed by atoms with E-state index in [9.17, 15) is 4.79 Å². The molecule has 4 nitrogen and oxygen atoms in total. The zero-order valence-corrected chi connectivity index (χ0v) is 15.3. The fourth-order valence-electron chi connectivity index (χ4n) is 4.34. The average Bonchev–Trinajstić information content (AvgIpc) is 3.11. The van der Waals surface area contributed by atoms with Gasteiger partial charge in [-0.1, -0.05) is 18.2 Å². The summed E-state index contributed by atoms with van der Waals surface area (Å²) >= 11 is 1.78. The summed E-state index contributed by atoms with van der Waals surface area (Å²) in [5.74, 6) is 0.0745. The lowest BCUT2D eigenvalue weighted by Crippen LogP contribution is -2.38. The molecule has 2 aliphatic rings. The van der Waals surface area contributed by atoms with Gasteiger partial charge in [0.1, 0.15) is 11.2 Å². The van der Waals surface area contributed by atoms with Crippen LogP contribution in [-0.2, 0) is 19.9 Å². The number of hydrogen-bond acceptors (Lipinski definition) is 3. The molecule has 3 aromatic rings. The van der Waals surface area contributed by atoms with Crippen LogP contribution >= 0.6 is 11.3 Å². The van der Waals surface area contributed by atoms with E-state index >= 15 is 0 Å². The highest BCUT2D eigenvalue weighted by Gasteiger charge is 2.33. The molecule has 1 aliphatic heterocycles. The Kier molecular flexibility index (Phi) is 3.22. The summed E-state index contributed by atoms with van der Waals surface area (Å²) in [4.78, 5) is 14.3. The smallest absolute Gasteiger partial charge is 0.256 e. The Morgan fingerprint density at radius 3 is 2.84 bits per heavy atom. The molecule has 1 amide bonds. The summed E-state index contributed by atoms with van der Waals surface area (Å²) in [5, 5.41) is 9.08. The first-order chi connectivity index (χ1) is 12.1. The number of hydrogen-bond donors (Lipinski definition) is 2. The molecule has 2 N–H and O–H groups in total. The lowest BCUT2D eigenvalue weighted by molar-refractivity contribution is 0.0935. The number of benzene rings is 1. The van der Waals surface area contributed by atoms with Crippen LogP contribution in [0.1, 0.15) is 51.1 Å². The van der Waals surface area contributed by atoms with Crippen LogP contribution in [0.2, 0.25) is 0 Å². The Balaban J connectivity index is 1.63. The van der Waals surface area contributed by atoms with Crippen molar-refractivity contribution in [1.82, 2.24) is 9.88 Å². The van der Waals surface area contributed by atoms with Crippen LogP contribution in [0.5, 0.6) is 0 Å². The van der Waals surface area contributed by atoms with Gasteiger partial charge in [-0.25, -0.2) is 0 Å². The van der Waals surface area contributed by atoms with Gasteiger partial charge < -0.3 is 15.2 Å². The van der Waals surface area contributed by atoms with E-state index in [2.05, 4.69) is 53.4 Å². The largest absolute Gasteiger partial charge is 0.353 e. The summed E-state index contributed by atoms with van der Waals surface area (Å²) < 4.78 is 2.20. The molecule has 128 valence electrons. The minimum atomic E-state index is -0.175. The molecule has 5 heteroatoms. The number of carbonyl (C=O) groups excluding carboxylic acids is 1. The van der Waals surface area contributed by atoms with Crippen molar-refractivity contribution in [2.45, 2.75) is 38.8 Å². The highest BCUT2D eigenvalue weighted by atomic mass is 32.1. The number of fused-ring (bicyclic) bond motifs is 4. The highest BCUT2D eigenvalue weighted by Crippen LogP contribution is 2.42. The maximum absolute atomic E-state index is 12.9. The molecule has 5 rings (SSSR count). The van der Waals surface area contributed by atoms with Gasteiger partial charge in [-0.05, 0) is 44.2 Å². The van der Waals surface area contributed by atoms with Crippen molar-refractivity contribution in [1.29, 1.82) is 0 Å². The predicted octanol–water partition coefficient (Wildman–Crippen LogP) is 4.28. The number of nitrogens with one attached hydrogen (secondary N) is 2. The fourth-order valence-corrected chi connectivity index (χ4v) is 5.65. The molecular weight excluding hydrogens is 330 g/mol. The van der Waals surface area contributed by atoms with Gasteiger partial charge in [-0.15, -0.1) is 11.3 Å². The SMILES string of the molecule is Cc1c([C@@H]2NC(=O)c3c(sc4c3CCCC4)N2)c2ccccc2n1C. The Labute approximate surface area is 150 Å². The summed E-state index contributed by atoms with van der Waals surface area (Å²) in [6.45, 7) is 2.12. The van der Waals surface area contributed by atoms with E-state index in [0.717, 1.165) is 23.4 Å². The Morgan fingerprint density at radius 2 is 1.96 bits per heavy atom. The average molecular weight is 351 g/mol. The number of rotatable bonds is 1. The molecule has 0 saturated carbocycles. The van der Waals surface area contributed by atoms with Gasteiger partial charge >= 0.3 is 0 Å². The molecule has 2 aromatic heterocycles. The Morgan fingerprint density at radius 1 is 1.16 bits per heavy atom. The normalized spacial score (nSPS) is 19.3. The van der Waals surface area contributed by atoms with Gasteiger partial charge in [0.05, 0.1) is 5.56 Å². The third-order valence-corrected chi connectivity index (χ3v) is 6.91. The van der Waals surface area contributed by atoms with Crippen LogP contribution in [0.25, 0.3) is 10.9 Å². The van der Waals surface area contributed by atoms with Gasteiger partial charge in [-0.2, -0.15) is 0 Å². The molecule has 0 radical (unpaired) electrons. The number of anilines is 1. The van der Waals surface area contributed by atoms with E-state index in [0.29, 0.717) is 0 Å². The minimum Gasteiger partial charge on any atom is -0.353 e. The van der Waals surface area contributed by atoms with Crippen molar-refractivity contribution < 1.29 is 4.79 Å². The van der Waals surface area contributed by atoms with Crippen molar-refractivity contribution in [2.24, 2.45) is 7.05 Å². The van der Waals surface area contributed by atoms with Gasteiger partial charge in [0.2, 0.25) is 0 Å². The van der Waals surface area contributed by atoms with E-state index in [1.807, 2.05) is 0 Å². The molecule has 1 atom stereocenters. The maximum atomic E-state index is 12.9. The molecule has 1 aliphatic carbocycles. The molecule has 0 unspecified atom stereocenters. The zero-order chi connectivity index (χ0) is 17.1. The molecule has 0 fully saturated rings. The molecule has 0 bridgehead atoms. The third kappa shape index (κ3) is 2.08. The molecular formula is C20H21N3OS. The van der Waals surface area contributed by atoms with Gasteiger partial charge in [0, 0.05) is 34.1 Å². The maximum Gasteiger partial charge on any atom is 0.256 e. The van der Waals surface area contributed by atoms with E-state index in [1.54, 1.807) is 11.3 Å². The van der Waals surface area contributed by atoms with Crippen LogP contribution in [0.15, 0.2) is 24.3 Å². The fraction of sp³-hybridized carbons (Fsp3) is 0.350. The van der Waals surface area contributed by atoms with Crippen LogP contribution < -0.4 is 10.6 Å². The van der Waals surface area contributed by atoms with Crippen LogP contribution in [0.3, 0.4) is 0 Å². The van der Waals surface area contributed by atoms with Crippen LogP contribution in [0.4, 0.5) is 5.00 Å². The number of aryl methyl sites for hydroxylation is 2. The number of thiophene rings is 1. The lowest BCUT2D eigenvalue weighted by Gasteiger charge is -2.27. The first-order valence-electron chi connectivity index (χ1n) is 8.91. The predicted molar refractivity (Wildman–Crippen MR) is 102 cm³/mol. The van der Waals surface area contributed by atoms with E-state index in [1.165, 1.54) is 45.4 Å². The number of nitrogens with zero attached hydrogens (tertiary/aromatic N) is 1. The van der Waals surface area contributed by atoms with Crippen molar-refractivity contribution >= 4 is 33.1 Å². The summed E-state index contributed by atoms with van der Waals surface area (Å²) in [6.07, 6.45) is 4.40. The van der Waals surface area contributed by atoms with Gasteiger partial charge in [0.15, 0.2) is 0 Å². The van der Waals surface area contributed by atoms with Crippen LogP contribution in [0, 0.1) is 6.92 Å². The molecule has 1 aromatic carbocycles. The first kappa shape index (κ1) is 15.0. The molecule has 0 spiro atoms. The second-order valence-electron chi connectivity index (χ2n) is 7.04. The van der Waals surface area contributed by atoms with Crippen molar-refractivity contribution in [2.75, 3.05) is 5.32 Å². The van der Waals surface area contributed by atoms with Crippen molar-refractivity contribution in [3.8, 4) is 0 Å². The second-order valence-corrected chi connectivity index (χ2v) is 8.15. The Bertz CT molecular complexity index is 1010. The standard InChI is InChI=1S/C20H21N3OS/c1-11-16(12-7-3-5-9-14(12)23(11)2)18-21-19(24)17-13-8-4-6-10-15(13)25-20(17)22-18/h3,5,7,9,18,22H,4,6,8,10H2,1-2H3,(H,21,24)/t18-/m1/s1. The quantitative estimate of drug-likeness (QED) is 0.687. The minimum absolute atomic E-state index is 0.0745. The third-order valence-electron chi connectivity index (χ3n) is 5.69. The monoisotopic (exact) mass is 351 g/mol. The molecule has 3 heterocycles. The number of carbonyl (C=O) groups is 1. The van der Waals surface area contributed by atoms with E-state index < -0.39 is 0 Å². The van der Waals surface area contributed by atoms with Crippen LogP contribution in [-0.4, -0.2) is 10.5 Å². The first-order valence-corrected chi connectivity index (χ1v) is 9.72. The van der Waals surface area contributed by atoms with E-state index in [-0.39, 0.29) is 12.1 Å². The van der Waals surface area contributed by atoms with Crippen molar-refractivity contribution in [3.63, 3.8) is 0 Å². The summed E-state index contributed by atoms with van der Waals surface area (Å²) in [7, 11) is 2.08.